The average Bonchev–Trinajstić information content (AvgIpc) is 3.43. The van der Waals surface area contributed by atoms with Crippen LogP contribution >= 0.6 is 22.7 Å². The summed E-state index contributed by atoms with van der Waals surface area (Å²) in [5, 5.41) is 13.1. The van der Waals surface area contributed by atoms with Crippen molar-refractivity contribution < 1.29 is 0 Å². The van der Waals surface area contributed by atoms with Gasteiger partial charge in [-0.2, -0.15) is 0 Å². The van der Waals surface area contributed by atoms with Crippen molar-refractivity contribution in [2.75, 3.05) is 0 Å². The molecule has 0 radical (unpaired) electrons. The van der Waals surface area contributed by atoms with Crippen LogP contribution in [-0.2, 0) is 6.42 Å². The highest BCUT2D eigenvalue weighted by Gasteiger charge is 2.09. The second kappa shape index (κ2) is 8.50. The highest BCUT2D eigenvalue weighted by atomic mass is 32.1. The first kappa shape index (κ1) is 20.2. The molecule has 0 atom stereocenters. The molecule has 4 aromatic carbocycles. The third-order valence-corrected chi connectivity index (χ3v) is 8.91. The summed E-state index contributed by atoms with van der Waals surface area (Å²) in [6, 6.07) is 23.5. The molecule has 0 nitrogen and oxygen atoms in total. The molecule has 0 amide bonds. The van der Waals surface area contributed by atoms with Crippen LogP contribution in [0.3, 0.4) is 0 Å². The van der Waals surface area contributed by atoms with Gasteiger partial charge in [-0.05, 0) is 97.7 Å². The normalized spacial score (nSPS) is 12.2. The van der Waals surface area contributed by atoms with E-state index in [-0.39, 0.29) is 0 Å². The van der Waals surface area contributed by atoms with Gasteiger partial charge in [-0.3, -0.25) is 0 Å². The molecule has 0 N–H and O–H groups in total. The van der Waals surface area contributed by atoms with Gasteiger partial charge in [-0.25, -0.2) is 0 Å². The van der Waals surface area contributed by atoms with Gasteiger partial charge in [-0.15, -0.1) is 22.7 Å². The van der Waals surface area contributed by atoms with Gasteiger partial charge in [0.05, 0.1) is 0 Å². The van der Waals surface area contributed by atoms with Crippen LogP contribution in [-0.4, -0.2) is 0 Å². The van der Waals surface area contributed by atoms with E-state index in [0.717, 1.165) is 0 Å². The zero-order valence-corrected chi connectivity index (χ0v) is 20.3. The number of thiophene rings is 2. The topological polar surface area (TPSA) is 0 Å². The summed E-state index contributed by atoms with van der Waals surface area (Å²) in [5.74, 6) is 0. The maximum Gasteiger partial charge on any atom is 0.0352 e. The zero-order chi connectivity index (χ0) is 21.5. The summed E-state index contributed by atoms with van der Waals surface area (Å²) in [5.41, 5.74) is 0. The number of unbranched alkanes of at least 4 members (excludes halogenated alkanes) is 5. The molecule has 0 saturated carbocycles. The molecule has 0 aliphatic heterocycles. The van der Waals surface area contributed by atoms with Crippen LogP contribution in [0.5, 0.6) is 0 Å². The third-order valence-electron chi connectivity index (χ3n) is 6.87. The first-order valence-electron chi connectivity index (χ1n) is 12.0. The molecule has 0 saturated heterocycles. The Morgan fingerprint density at radius 1 is 0.562 bits per heavy atom. The highest BCUT2D eigenvalue weighted by Crippen LogP contribution is 2.37. The molecule has 0 bridgehead atoms. The molecule has 0 aliphatic carbocycles. The van der Waals surface area contributed by atoms with Gasteiger partial charge in [0.2, 0.25) is 0 Å². The summed E-state index contributed by atoms with van der Waals surface area (Å²) < 4.78 is 2.80. The van der Waals surface area contributed by atoms with Gasteiger partial charge in [0.25, 0.3) is 0 Å². The van der Waals surface area contributed by atoms with Crippen LogP contribution in [0.25, 0.3) is 52.5 Å². The monoisotopic (exact) mass is 452 g/mol. The minimum Gasteiger partial charge on any atom is -0.144 e. The Hall–Kier alpha value is -2.42. The van der Waals surface area contributed by atoms with E-state index in [1.165, 1.54) is 97.4 Å². The zero-order valence-electron chi connectivity index (χ0n) is 18.6. The summed E-state index contributed by atoms with van der Waals surface area (Å²) in [7, 11) is 0. The van der Waals surface area contributed by atoms with Crippen LogP contribution < -0.4 is 0 Å². The second-order valence-electron chi connectivity index (χ2n) is 9.10. The molecule has 32 heavy (non-hydrogen) atoms. The average molecular weight is 453 g/mol. The molecule has 2 heterocycles. The fourth-order valence-corrected chi connectivity index (χ4v) is 7.08. The number of hydrogen-bond donors (Lipinski definition) is 0. The van der Waals surface area contributed by atoms with E-state index in [1.807, 2.05) is 22.7 Å². The Labute approximate surface area is 197 Å². The van der Waals surface area contributed by atoms with Gasteiger partial charge in [0.15, 0.2) is 0 Å². The second-order valence-corrected chi connectivity index (χ2v) is 11.2. The lowest BCUT2D eigenvalue weighted by atomic mass is 9.96. The van der Waals surface area contributed by atoms with E-state index in [4.69, 9.17) is 0 Å². The summed E-state index contributed by atoms with van der Waals surface area (Å²) in [4.78, 5) is 1.54. The maximum absolute atomic E-state index is 2.44. The summed E-state index contributed by atoms with van der Waals surface area (Å²) >= 11 is 3.82. The fourth-order valence-electron chi connectivity index (χ4n) is 5.12. The molecule has 2 heteroatoms. The van der Waals surface area contributed by atoms with Gasteiger partial charge in [0.1, 0.15) is 0 Å². The van der Waals surface area contributed by atoms with Crippen molar-refractivity contribution in [2.24, 2.45) is 0 Å². The van der Waals surface area contributed by atoms with Crippen molar-refractivity contribution in [3.63, 3.8) is 0 Å². The molecule has 0 aliphatic rings. The lowest BCUT2D eigenvalue weighted by Crippen LogP contribution is -1.82. The van der Waals surface area contributed by atoms with E-state index in [0.29, 0.717) is 0 Å². The summed E-state index contributed by atoms with van der Waals surface area (Å²) in [6.07, 6.45) is 9.41. The number of fused-ring (bicyclic) bond motifs is 7. The SMILES string of the molecule is CCCCCCCCc1cc2cc3c(ccc4c5cc6ccsc6cc5ccc34)cc2s1. The Balaban J connectivity index is 1.38. The Morgan fingerprint density at radius 3 is 2.03 bits per heavy atom. The quantitative estimate of drug-likeness (QED) is 0.167. The van der Waals surface area contributed by atoms with Crippen molar-refractivity contribution in [2.45, 2.75) is 51.9 Å². The summed E-state index contributed by atoms with van der Waals surface area (Å²) in [6.45, 7) is 2.29. The van der Waals surface area contributed by atoms with Crippen molar-refractivity contribution >= 4 is 75.2 Å². The molecule has 6 aromatic rings. The van der Waals surface area contributed by atoms with Crippen LogP contribution in [0.15, 0.2) is 66.0 Å². The van der Waals surface area contributed by atoms with Gasteiger partial charge in [0, 0.05) is 14.3 Å². The van der Waals surface area contributed by atoms with Crippen molar-refractivity contribution in [3.05, 3.63) is 70.9 Å². The van der Waals surface area contributed by atoms with Crippen LogP contribution in [0, 0.1) is 0 Å². The third kappa shape index (κ3) is 3.60. The lowest BCUT2D eigenvalue weighted by Gasteiger charge is -2.08. The molecule has 0 spiro atoms. The van der Waals surface area contributed by atoms with E-state index < -0.39 is 0 Å². The first-order valence-corrected chi connectivity index (χ1v) is 13.7. The Kier molecular flexibility index (Phi) is 5.37. The van der Waals surface area contributed by atoms with Crippen LogP contribution in [0.1, 0.15) is 50.3 Å². The van der Waals surface area contributed by atoms with Gasteiger partial charge >= 0.3 is 0 Å². The predicted octanol–water partition coefficient (Wildman–Crippen LogP) is 10.5. The maximum atomic E-state index is 2.44. The highest BCUT2D eigenvalue weighted by molar-refractivity contribution is 7.19. The van der Waals surface area contributed by atoms with Gasteiger partial charge < -0.3 is 0 Å². The van der Waals surface area contributed by atoms with Crippen molar-refractivity contribution in [1.29, 1.82) is 0 Å². The van der Waals surface area contributed by atoms with Gasteiger partial charge in [-0.1, -0.05) is 63.3 Å². The van der Waals surface area contributed by atoms with Crippen molar-refractivity contribution in [1.82, 2.24) is 0 Å². The smallest absolute Gasteiger partial charge is 0.0352 e. The molecule has 0 fully saturated rings. The minimum absolute atomic E-state index is 1.23. The van der Waals surface area contributed by atoms with Crippen LogP contribution in [0.4, 0.5) is 0 Å². The predicted molar refractivity (Wildman–Crippen MR) is 147 cm³/mol. The van der Waals surface area contributed by atoms with E-state index in [2.05, 4.69) is 73.0 Å². The minimum atomic E-state index is 1.23. The fraction of sp³-hybridized carbons (Fsp3) is 0.267. The molecule has 160 valence electrons. The number of rotatable bonds is 7. The first-order chi connectivity index (χ1) is 15.8. The van der Waals surface area contributed by atoms with E-state index in [9.17, 15) is 0 Å². The van der Waals surface area contributed by atoms with Crippen LogP contribution in [0.2, 0.25) is 0 Å². The Morgan fingerprint density at radius 2 is 1.25 bits per heavy atom. The number of benzene rings is 4. The van der Waals surface area contributed by atoms with E-state index >= 15 is 0 Å². The molecule has 6 rings (SSSR count). The number of aryl methyl sites for hydroxylation is 1. The molecular weight excluding hydrogens is 424 g/mol. The molecule has 2 aromatic heterocycles. The standard InChI is InChI=1S/C30H28S2/c1-2-3-4-5-6-7-8-24-15-23-17-28-21(19-30(23)32-24)10-12-25-26(28)11-9-20-18-29-22(13-14-31-29)16-27(20)25/h9-19H,2-8H2,1H3. The van der Waals surface area contributed by atoms with Crippen molar-refractivity contribution in [3.8, 4) is 0 Å². The number of hydrogen-bond acceptors (Lipinski definition) is 2. The molecular formula is C30H28S2. The Bertz CT molecular complexity index is 1560. The molecule has 0 unspecified atom stereocenters. The van der Waals surface area contributed by atoms with E-state index in [1.54, 1.807) is 4.88 Å². The lowest BCUT2D eigenvalue weighted by molar-refractivity contribution is 0.609. The largest absolute Gasteiger partial charge is 0.144 e.